The van der Waals surface area contributed by atoms with Gasteiger partial charge < -0.3 is 9.84 Å². The van der Waals surface area contributed by atoms with E-state index in [2.05, 4.69) is 9.38 Å². The first kappa shape index (κ1) is 20.9. The van der Waals surface area contributed by atoms with Crippen molar-refractivity contribution in [3.05, 3.63) is 16.1 Å². The van der Waals surface area contributed by atoms with E-state index >= 15 is 0 Å². The highest BCUT2D eigenvalue weighted by Gasteiger charge is 2.23. The number of nitrogens with zero attached hydrogens (tertiary/aromatic N) is 2. The smallest absolute Gasteiger partial charge is 0.357 e. The van der Waals surface area contributed by atoms with Gasteiger partial charge in [-0.25, -0.2) is 14.0 Å². The topological polar surface area (TPSA) is 88.9 Å². The summed E-state index contributed by atoms with van der Waals surface area (Å²) in [6.45, 7) is 11.4. The van der Waals surface area contributed by atoms with E-state index in [1.54, 1.807) is 12.3 Å². The molecule has 1 heterocycles. The maximum atomic E-state index is 12.2. The third kappa shape index (κ3) is 6.07. The second-order valence-electron chi connectivity index (χ2n) is 6.61. The molecule has 0 unspecified atom stereocenters. The van der Waals surface area contributed by atoms with Crippen LogP contribution in [0.5, 0.6) is 0 Å². The van der Waals surface area contributed by atoms with Crippen LogP contribution in [0.2, 0.25) is 0 Å². The average molecular weight is 375 g/mol. The molecule has 0 aliphatic rings. The minimum atomic E-state index is -1.38. The number of aliphatic hydroxyl groups is 1. The van der Waals surface area contributed by atoms with Crippen LogP contribution in [-0.2, 0) is 15.7 Å². The Labute approximate surface area is 150 Å². The Morgan fingerprint density at radius 1 is 1.46 bits per heavy atom. The third-order valence-corrected chi connectivity index (χ3v) is 5.48. The van der Waals surface area contributed by atoms with Crippen molar-refractivity contribution in [3.8, 4) is 0 Å². The van der Waals surface area contributed by atoms with Crippen molar-refractivity contribution in [3.63, 3.8) is 0 Å². The summed E-state index contributed by atoms with van der Waals surface area (Å²) in [5, 5.41) is 12.4. The Kier molecular flexibility index (Phi) is 7.69. The number of carbonyl (C=O) groups is 1. The second-order valence-corrected chi connectivity index (χ2v) is 9.41. The molecule has 0 radical (unpaired) electrons. The van der Waals surface area contributed by atoms with E-state index in [-0.39, 0.29) is 24.6 Å². The highest BCUT2D eigenvalue weighted by atomic mass is 32.2. The maximum Gasteiger partial charge on any atom is 0.357 e. The summed E-state index contributed by atoms with van der Waals surface area (Å²) < 4.78 is 21.0. The summed E-state index contributed by atoms with van der Waals surface area (Å²) in [5.74, 6) is -0.450. The minimum Gasteiger partial charge on any atom is -0.461 e. The predicted molar refractivity (Wildman–Crippen MR) is 97.8 cm³/mol. The molecule has 1 aromatic rings. The number of carbonyl (C=O) groups excluding carboxylic acids is 1. The summed E-state index contributed by atoms with van der Waals surface area (Å²) in [4.78, 5) is 15.8. The van der Waals surface area contributed by atoms with Crippen LogP contribution in [0.15, 0.2) is 9.78 Å². The molecular weight excluding hydrogens is 348 g/mol. The molecule has 24 heavy (non-hydrogen) atoms. The summed E-state index contributed by atoms with van der Waals surface area (Å²) in [5.41, 5.74) is 0.862. The van der Waals surface area contributed by atoms with Crippen LogP contribution in [0.3, 0.4) is 0 Å². The van der Waals surface area contributed by atoms with Crippen molar-refractivity contribution >= 4 is 34.0 Å². The van der Waals surface area contributed by atoms with Gasteiger partial charge >= 0.3 is 5.97 Å². The SMILES string of the molecule is CCOC(=O)c1csc([C@H](O)CC(=N[S@](=O)C(C)(C)C)C(C)C)n1. The first-order chi connectivity index (χ1) is 11.1. The Bertz CT molecular complexity index is 618. The zero-order chi connectivity index (χ0) is 18.5. The summed E-state index contributed by atoms with van der Waals surface area (Å²) in [6, 6.07) is 0. The Hall–Kier alpha value is -1.12. The predicted octanol–water partition coefficient (Wildman–Crippen LogP) is 3.30. The maximum absolute atomic E-state index is 12.2. The zero-order valence-electron chi connectivity index (χ0n) is 15.0. The lowest BCUT2D eigenvalue weighted by atomic mass is 10.0. The van der Waals surface area contributed by atoms with Gasteiger partial charge in [0.15, 0.2) is 5.69 Å². The highest BCUT2D eigenvalue weighted by molar-refractivity contribution is 7.85. The molecule has 1 aromatic heterocycles. The molecule has 136 valence electrons. The molecule has 1 N–H and O–H groups in total. The fourth-order valence-corrected chi connectivity index (χ4v) is 3.19. The van der Waals surface area contributed by atoms with Crippen molar-refractivity contribution in [1.29, 1.82) is 0 Å². The lowest BCUT2D eigenvalue weighted by Crippen LogP contribution is -2.23. The van der Waals surface area contributed by atoms with Crippen molar-refractivity contribution < 1.29 is 18.8 Å². The molecule has 8 heteroatoms. The molecule has 0 aromatic carbocycles. The summed E-state index contributed by atoms with van der Waals surface area (Å²) >= 11 is 1.20. The fourth-order valence-electron chi connectivity index (χ4n) is 1.65. The van der Waals surface area contributed by atoms with Crippen LogP contribution in [0.4, 0.5) is 0 Å². The van der Waals surface area contributed by atoms with E-state index in [1.165, 1.54) is 11.3 Å². The van der Waals surface area contributed by atoms with Crippen LogP contribution >= 0.6 is 11.3 Å². The molecule has 2 atom stereocenters. The van der Waals surface area contributed by atoms with Crippen molar-refractivity contribution in [2.45, 2.75) is 58.8 Å². The largest absolute Gasteiger partial charge is 0.461 e. The molecule has 0 aliphatic heterocycles. The van der Waals surface area contributed by atoms with Gasteiger partial charge in [-0.05, 0) is 33.6 Å². The van der Waals surface area contributed by atoms with Gasteiger partial charge in [-0.1, -0.05) is 13.8 Å². The first-order valence-electron chi connectivity index (χ1n) is 7.86. The molecule has 0 spiro atoms. The van der Waals surface area contributed by atoms with E-state index < -0.39 is 27.8 Å². The van der Waals surface area contributed by atoms with E-state index in [0.717, 1.165) is 0 Å². The number of ether oxygens (including phenoxy) is 1. The average Bonchev–Trinajstić information content (AvgIpc) is 2.95. The number of thiazole rings is 1. The van der Waals surface area contributed by atoms with E-state index in [4.69, 9.17) is 4.74 Å². The molecule has 0 amide bonds. The third-order valence-electron chi connectivity index (χ3n) is 3.08. The molecule has 1 rings (SSSR count). The molecule has 0 fully saturated rings. The van der Waals surface area contributed by atoms with Gasteiger partial charge in [0.2, 0.25) is 0 Å². The van der Waals surface area contributed by atoms with Gasteiger partial charge in [0.25, 0.3) is 0 Å². The molecule has 0 bridgehead atoms. The van der Waals surface area contributed by atoms with Crippen LogP contribution in [0, 0.1) is 5.92 Å². The quantitative estimate of drug-likeness (QED) is 0.584. The van der Waals surface area contributed by atoms with Crippen LogP contribution < -0.4 is 0 Å². The summed E-state index contributed by atoms with van der Waals surface area (Å²) in [6.07, 6.45) is -0.661. The van der Waals surface area contributed by atoms with Crippen molar-refractivity contribution in [2.75, 3.05) is 6.61 Å². The number of hydrogen-bond donors (Lipinski definition) is 1. The van der Waals surface area contributed by atoms with Crippen LogP contribution in [-0.4, -0.2) is 37.3 Å². The highest BCUT2D eigenvalue weighted by Crippen LogP contribution is 2.24. The molecule has 6 nitrogen and oxygen atoms in total. The standard InChI is InChI=1S/C16H26N2O4S2/c1-7-22-15(20)12-9-23-14(17-12)13(19)8-11(10(2)3)18-24(21)16(4,5)6/h9-10,13,19H,7-8H2,1-6H3/t13-,24-/m1/s1. The van der Waals surface area contributed by atoms with Crippen LogP contribution in [0.1, 0.15) is 69.6 Å². The summed E-state index contributed by atoms with van der Waals surface area (Å²) in [7, 11) is -1.38. The van der Waals surface area contributed by atoms with Gasteiger partial charge in [-0.15, -0.1) is 11.3 Å². The van der Waals surface area contributed by atoms with Gasteiger partial charge in [0, 0.05) is 17.5 Å². The Morgan fingerprint density at radius 3 is 2.58 bits per heavy atom. The Balaban J connectivity index is 2.90. The lowest BCUT2D eigenvalue weighted by Gasteiger charge is -2.18. The van der Waals surface area contributed by atoms with Gasteiger partial charge in [0.05, 0.1) is 11.4 Å². The number of hydrogen-bond acceptors (Lipinski definition) is 6. The van der Waals surface area contributed by atoms with E-state index in [0.29, 0.717) is 10.7 Å². The van der Waals surface area contributed by atoms with E-state index in [9.17, 15) is 14.1 Å². The van der Waals surface area contributed by atoms with Gasteiger partial charge in [-0.2, -0.15) is 4.40 Å². The molecule has 0 saturated carbocycles. The van der Waals surface area contributed by atoms with Crippen molar-refractivity contribution in [1.82, 2.24) is 4.98 Å². The molecular formula is C16H26N2O4S2. The Morgan fingerprint density at radius 2 is 2.08 bits per heavy atom. The molecule has 0 saturated heterocycles. The lowest BCUT2D eigenvalue weighted by molar-refractivity contribution is 0.0519. The first-order valence-corrected chi connectivity index (χ1v) is 9.85. The van der Waals surface area contributed by atoms with E-state index in [1.807, 2.05) is 34.6 Å². The number of esters is 1. The minimum absolute atomic E-state index is 0.0513. The monoisotopic (exact) mass is 374 g/mol. The zero-order valence-corrected chi connectivity index (χ0v) is 16.7. The number of aromatic nitrogens is 1. The van der Waals surface area contributed by atoms with Crippen molar-refractivity contribution in [2.24, 2.45) is 10.3 Å². The van der Waals surface area contributed by atoms with Gasteiger partial charge in [-0.3, -0.25) is 0 Å². The number of rotatable bonds is 7. The number of aliphatic hydroxyl groups excluding tert-OH is 1. The normalized spacial score (nSPS) is 15.4. The van der Waals surface area contributed by atoms with Gasteiger partial charge in [0.1, 0.15) is 22.1 Å². The second kappa shape index (κ2) is 8.82. The van der Waals surface area contributed by atoms with Crippen LogP contribution in [0.25, 0.3) is 0 Å². The molecule has 0 aliphatic carbocycles. The fraction of sp³-hybridized carbons (Fsp3) is 0.688.